The summed E-state index contributed by atoms with van der Waals surface area (Å²) < 4.78 is 0. The lowest BCUT2D eigenvalue weighted by atomic mass is 9.98. The second kappa shape index (κ2) is 5.05. The molecule has 0 spiro atoms. The van der Waals surface area contributed by atoms with Crippen LogP contribution in [0.3, 0.4) is 0 Å². The molecule has 0 bridgehead atoms. The fourth-order valence-corrected chi connectivity index (χ4v) is 2.42. The maximum Gasteiger partial charge on any atom is 0.131 e. The molecule has 3 nitrogen and oxygen atoms in total. The van der Waals surface area contributed by atoms with Crippen molar-refractivity contribution in [2.24, 2.45) is 0 Å². The van der Waals surface area contributed by atoms with Gasteiger partial charge in [-0.3, -0.25) is 0 Å². The topological polar surface area (TPSA) is 36.4 Å². The summed E-state index contributed by atoms with van der Waals surface area (Å²) in [4.78, 5) is 6.85. The molecule has 2 rings (SSSR count). The number of aliphatic hydroxyl groups is 1. The molecule has 0 amide bonds. The van der Waals surface area contributed by atoms with E-state index in [1.807, 2.05) is 26.1 Å². The van der Waals surface area contributed by atoms with Gasteiger partial charge in [0, 0.05) is 25.7 Å². The van der Waals surface area contributed by atoms with Gasteiger partial charge in [0.2, 0.25) is 0 Å². The number of aromatic nitrogens is 1. The lowest BCUT2D eigenvalue weighted by Gasteiger charge is -2.30. The van der Waals surface area contributed by atoms with Gasteiger partial charge in [-0.15, -0.1) is 0 Å². The van der Waals surface area contributed by atoms with Gasteiger partial charge in [-0.1, -0.05) is 6.07 Å². The van der Waals surface area contributed by atoms with Crippen LogP contribution in [-0.2, 0) is 6.42 Å². The van der Waals surface area contributed by atoms with E-state index in [0.29, 0.717) is 6.42 Å². The molecule has 2 heterocycles. The van der Waals surface area contributed by atoms with Crippen molar-refractivity contribution in [2.75, 3.05) is 18.0 Å². The van der Waals surface area contributed by atoms with E-state index in [2.05, 4.69) is 16.0 Å². The van der Waals surface area contributed by atoms with Crippen LogP contribution < -0.4 is 4.90 Å². The van der Waals surface area contributed by atoms with Crippen molar-refractivity contribution in [1.82, 2.24) is 4.98 Å². The fraction of sp³-hybridized carbons (Fsp3) is 0.643. The number of nitrogens with zero attached hydrogens (tertiary/aromatic N) is 2. The first kappa shape index (κ1) is 12.4. The van der Waals surface area contributed by atoms with Crippen LogP contribution in [0.5, 0.6) is 0 Å². The predicted molar refractivity (Wildman–Crippen MR) is 70.3 cm³/mol. The Hall–Kier alpha value is -1.09. The lowest BCUT2D eigenvalue weighted by molar-refractivity contribution is 0.0810. The molecule has 1 aliphatic heterocycles. The average molecular weight is 234 g/mol. The Morgan fingerprint density at radius 1 is 1.29 bits per heavy atom. The minimum atomic E-state index is -0.673. The standard InChI is InChI=1S/C14H22N2O/c1-14(2,17)11-12-7-6-8-15-13(12)16-9-4-3-5-10-16/h6-8,17H,3-5,9-11H2,1-2H3. The van der Waals surface area contributed by atoms with Gasteiger partial charge in [0.05, 0.1) is 5.60 Å². The Balaban J connectivity index is 2.20. The minimum absolute atomic E-state index is 0.659. The van der Waals surface area contributed by atoms with Crippen LogP contribution in [0.2, 0.25) is 0 Å². The molecule has 0 aliphatic carbocycles. The quantitative estimate of drug-likeness (QED) is 0.872. The van der Waals surface area contributed by atoms with E-state index in [1.165, 1.54) is 19.3 Å². The average Bonchev–Trinajstić information content (AvgIpc) is 2.29. The van der Waals surface area contributed by atoms with Gasteiger partial charge in [0.25, 0.3) is 0 Å². The van der Waals surface area contributed by atoms with Crippen LogP contribution in [0.25, 0.3) is 0 Å². The summed E-state index contributed by atoms with van der Waals surface area (Å²) >= 11 is 0. The van der Waals surface area contributed by atoms with Crippen molar-refractivity contribution >= 4 is 5.82 Å². The molecule has 1 fully saturated rings. The molecule has 0 aromatic carbocycles. The van der Waals surface area contributed by atoms with Crippen LogP contribution in [0.15, 0.2) is 18.3 Å². The summed E-state index contributed by atoms with van der Waals surface area (Å²) in [6.45, 7) is 5.88. The molecule has 3 heteroatoms. The third kappa shape index (κ3) is 3.43. The van der Waals surface area contributed by atoms with E-state index in [1.54, 1.807) is 0 Å². The fourth-order valence-electron chi connectivity index (χ4n) is 2.42. The third-order valence-corrected chi connectivity index (χ3v) is 3.15. The summed E-state index contributed by atoms with van der Waals surface area (Å²) in [5.41, 5.74) is 0.481. The van der Waals surface area contributed by atoms with Gasteiger partial charge in [0.15, 0.2) is 0 Å². The van der Waals surface area contributed by atoms with E-state index >= 15 is 0 Å². The Labute approximate surface area is 103 Å². The van der Waals surface area contributed by atoms with Gasteiger partial charge in [-0.05, 0) is 44.7 Å². The molecule has 17 heavy (non-hydrogen) atoms. The van der Waals surface area contributed by atoms with Crippen molar-refractivity contribution < 1.29 is 5.11 Å². The summed E-state index contributed by atoms with van der Waals surface area (Å²) in [6.07, 6.45) is 6.33. The highest BCUT2D eigenvalue weighted by Crippen LogP contribution is 2.24. The van der Waals surface area contributed by atoms with Crippen LogP contribution in [-0.4, -0.2) is 28.8 Å². The normalized spacial score (nSPS) is 17.2. The Morgan fingerprint density at radius 3 is 2.65 bits per heavy atom. The maximum atomic E-state index is 9.95. The van der Waals surface area contributed by atoms with Crippen LogP contribution in [0.1, 0.15) is 38.7 Å². The van der Waals surface area contributed by atoms with Crippen LogP contribution >= 0.6 is 0 Å². The molecule has 0 saturated carbocycles. The van der Waals surface area contributed by atoms with Gasteiger partial charge < -0.3 is 10.0 Å². The molecule has 1 saturated heterocycles. The van der Waals surface area contributed by atoms with Crippen molar-refractivity contribution in [3.8, 4) is 0 Å². The predicted octanol–water partition coefficient (Wildman–Crippen LogP) is 2.39. The Bertz CT molecular complexity index is 365. The zero-order chi connectivity index (χ0) is 12.3. The molecule has 0 radical (unpaired) electrons. The van der Waals surface area contributed by atoms with Gasteiger partial charge in [0.1, 0.15) is 5.82 Å². The van der Waals surface area contributed by atoms with Crippen molar-refractivity contribution in [3.63, 3.8) is 0 Å². The molecule has 0 unspecified atom stereocenters. The van der Waals surface area contributed by atoms with Crippen LogP contribution in [0, 0.1) is 0 Å². The summed E-state index contributed by atoms with van der Waals surface area (Å²) in [6, 6.07) is 4.03. The first-order valence-electron chi connectivity index (χ1n) is 6.47. The van der Waals surface area contributed by atoms with E-state index in [9.17, 15) is 5.11 Å². The third-order valence-electron chi connectivity index (χ3n) is 3.15. The van der Waals surface area contributed by atoms with E-state index < -0.39 is 5.60 Å². The van der Waals surface area contributed by atoms with Crippen molar-refractivity contribution in [1.29, 1.82) is 0 Å². The van der Waals surface area contributed by atoms with Gasteiger partial charge >= 0.3 is 0 Å². The molecule has 1 aliphatic rings. The molecular weight excluding hydrogens is 212 g/mol. The van der Waals surface area contributed by atoms with E-state index in [4.69, 9.17) is 0 Å². The Kier molecular flexibility index (Phi) is 3.67. The Morgan fingerprint density at radius 2 is 2.00 bits per heavy atom. The SMILES string of the molecule is CC(C)(O)Cc1cccnc1N1CCCCC1. The van der Waals surface area contributed by atoms with Crippen LogP contribution in [0.4, 0.5) is 5.82 Å². The van der Waals surface area contributed by atoms with E-state index in [-0.39, 0.29) is 0 Å². The maximum absolute atomic E-state index is 9.95. The molecule has 1 N–H and O–H groups in total. The highest BCUT2D eigenvalue weighted by molar-refractivity contribution is 5.47. The number of piperidine rings is 1. The van der Waals surface area contributed by atoms with Gasteiger partial charge in [-0.25, -0.2) is 4.98 Å². The lowest BCUT2D eigenvalue weighted by Crippen LogP contribution is -2.32. The van der Waals surface area contributed by atoms with Gasteiger partial charge in [-0.2, -0.15) is 0 Å². The number of hydrogen-bond donors (Lipinski definition) is 1. The first-order chi connectivity index (χ1) is 8.06. The zero-order valence-corrected chi connectivity index (χ0v) is 10.8. The molecular formula is C14H22N2O. The second-order valence-electron chi connectivity index (χ2n) is 5.52. The number of anilines is 1. The number of rotatable bonds is 3. The molecule has 0 atom stereocenters. The summed E-state index contributed by atoms with van der Waals surface area (Å²) in [7, 11) is 0. The van der Waals surface area contributed by atoms with Crippen molar-refractivity contribution in [2.45, 2.75) is 45.1 Å². The summed E-state index contributed by atoms with van der Waals surface area (Å²) in [5, 5.41) is 9.95. The largest absolute Gasteiger partial charge is 0.390 e. The monoisotopic (exact) mass is 234 g/mol. The molecule has 1 aromatic rings. The second-order valence-corrected chi connectivity index (χ2v) is 5.52. The minimum Gasteiger partial charge on any atom is -0.390 e. The first-order valence-corrected chi connectivity index (χ1v) is 6.47. The molecule has 1 aromatic heterocycles. The number of pyridine rings is 1. The zero-order valence-electron chi connectivity index (χ0n) is 10.8. The number of hydrogen-bond acceptors (Lipinski definition) is 3. The highest BCUT2D eigenvalue weighted by atomic mass is 16.3. The van der Waals surface area contributed by atoms with Crippen molar-refractivity contribution in [3.05, 3.63) is 23.9 Å². The van der Waals surface area contributed by atoms with E-state index in [0.717, 1.165) is 24.5 Å². The highest BCUT2D eigenvalue weighted by Gasteiger charge is 2.20. The smallest absolute Gasteiger partial charge is 0.131 e. The molecule has 94 valence electrons. The summed E-state index contributed by atoms with van der Waals surface area (Å²) in [5.74, 6) is 1.06.